The number of rotatable bonds is 8. The maximum absolute atomic E-state index is 12.7. The number of hydrogen-bond acceptors (Lipinski definition) is 4. The molecule has 0 heterocycles. The summed E-state index contributed by atoms with van der Waals surface area (Å²) in [4.78, 5) is 36.5. The first kappa shape index (κ1) is 20.2. The Kier molecular flexibility index (Phi) is 7.55. The van der Waals surface area contributed by atoms with Gasteiger partial charge in [0.15, 0.2) is 0 Å². The Labute approximate surface area is 158 Å². The molecule has 2 atom stereocenters. The first-order valence-electron chi connectivity index (χ1n) is 8.75. The molecule has 0 unspecified atom stereocenters. The average molecular weight is 368 g/mol. The van der Waals surface area contributed by atoms with E-state index >= 15 is 0 Å². The van der Waals surface area contributed by atoms with Crippen LogP contribution in [0.25, 0.3) is 0 Å². The standard InChI is InChI=1S/C21H24N2O4/c1-15(17-11-7-4-8-12-17)20(25)23-18(13-16-9-5-3-6-10-16)21(26)22-14-19(24)27-2/h3-12,15,18H,13-14H2,1-2H3,(H,22,26)(H,23,25)/t15-,18-/m1/s1. The van der Waals surface area contributed by atoms with E-state index in [0.717, 1.165) is 11.1 Å². The Hall–Kier alpha value is -3.15. The first-order valence-corrected chi connectivity index (χ1v) is 8.75. The molecule has 27 heavy (non-hydrogen) atoms. The maximum Gasteiger partial charge on any atom is 0.325 e. The minimum absolute atomic E-state index is 0.245. The number of ether oxygens (including phenoxy) is 1. The van der Waals surface area contributed by atoms with Crippen molar-refractivity contribution in [1.82, 2.24) is 10.6 Å². The van der Waals surface area contributed by atoms with E-state index in [0.29, 0.717) is 6.42 Å². The van der Waals surface area contributed by atoms with E-state index in [1.54, 1.807) is 6.92 Å². The van der Waals surface area contributed by atoms with Gasteiger partial charge >= 0.3 is 5.97 Å². The third-order valence-corrected chi connectivity index (χ3v) is 4.24. The number of nitrogens with one attached hydrogen (secondary N) is 2. The van der Waals surface area contributed by atoms with E-state index in [-0.39, 0.29) is 12.5 Å². The van der Waals surface area contributed by atoms with Crippen LogP contribution in [0.15, 0.2) is 60.7 Å². The first-order chi connectivity index (χ1) is 13.0. The van der Waals surface area contributed by atoms with Crippen LogP contribution >= 0.6 is 0 Å². The Morgan fingerprint density at radius 1 is 0.926 bits per heavy atom. The third kappa shape index (κ3) is 6.26. The molecular formula is C21H24N2O4. The van der Waals surface area contributed by atoms with Crippen LogP contribution in [0.5, 0.6) is 0 Å². The second kappa shape index (κ2) is 10.1. The molecule has 0 saturated heterocycles. The summed E-state index contributed by atoms with van der Waals surface area (Å²) in [6, 6.07) is 17.9. The molecule has 0 fully saturated rings. The van der Waals surface area contributed by atoms with Crippen molar-refractivity contribution in [1.29, 1.82) is 0 Å². The second-order valence-corrected chi connectivity index (χ2v) is 6.18. The van der Waals surface area contributed by atoms with Crippen LogP contribution in [-0.2, 0) is 25.5 Å². The number of methoxy groups -OCH3 is 1. The van der Waals surface area contributed by atoms with Crippen LogP contribution in [0.2, 0.25) is 0 Å². The fourth-order valence-electron chi connectivity index (χ4n) is 2.60. The predicted octanol–water partition coefficient (Wildman–Crippen LogP) is 1.81. The normalized spacial score (nSPS) is 12.5. The lowest BCUT2D eigenvalue weighted by Crippen LogP contribution is -2.50. The van der Waals surface area contributed by atoms with Crippen molar-refractivity contribution in [2.75, 3.05) is 13.7 Å². The highest BCUT2D eigenvalue weighted by Gasteiger charge is 2.25. The lowest BCUT2D eigenvalue weighted by molar-refractivity contribution is -0.141. The topological polar surface area (TPSA) is 84.5 Å². The minimum Gasteiger partial charge on any atom is -0.468 e. The van der Waals surface area contributed by atoms with E-state index < -0.39 is 23.8 Å². The summed E-state index contributed by atoms with van der Waals surface area (Å²) < 4.78 is 4.53. The summed E-state index contributed by atoms with van der Waals surface area (Å²) in [7, 11) is 1.25. The molecule has 2 aromatic carbocycles. The summed E-state index contributed by atoms with van der Waals surface area (Å²) in [5.74, 6) is -1.64. The number of amides is 2. The molecule has 6 nitrogen and oxygen atoms in total. The maximum atomic E-state index is 12.7. The lowest BCUT2D eigenvalue weighted by Gasteiger charge is -2.21. The molecule has 142 valence electrons. The Morgan fingerprint density at radius 2 is 1.52 bits per heavy atom. The number of hydrogen-bond donors (Lipinski definition) is 2. The molecule has 2 N–H and O–H groups in total. The molecule has 0 saturated carbocycles. The van der Waals surface area contributed by atoms with Gasteiger partial charge < -0.3 is 15.4 Å². The summed E-state index contributed by atoms with van der Waals surface area (Å²) >= 11 is 0. The molecule has 2 amide bonds. The molecule has 0 spiro atoms. The van der Waals surface area contributed by atoms with Crippen molar-refractivity contribution in [2.45, 2.75) is 25.3 Å². The van der Waals surface area contributed by atoms with Gasteiger partial charge in [0.25, 0.3) is 0 Å². The van der Waals surface area contributed by atoms with Crippen molar-refractivity contribution in [3.63, 3.8) is 0 Å². The van der Waals surface area contributed by atoms with Crippen molar-refractivity contribution in [2.24, 2.45) is 0 Å². The number of carbonyl (C=O) groups is 3. The van der Waals surface area contributed by atoms with Gasteiger partial charge in [-0.2, -0.15) is 0 Å². The summed E-state index contributed by atoms with van der Waals surface area (Å²) in [6.45, 7) is 1.54. The summed E-state index contributed by atoms with van der Waals surface area (Å²) in [5.41, 5.74) is 1.77. The quantitative estimate of drug-likeness (QED) is 0.696. The highest BCUT2D eigenvalue weighted by Crippen LogP contribution is 2.15. The molecule has 2 aromatic rings. The van der Waals surface area contributed by atoms with Gasteiger partial charge in [0.1, 0.15) is 12.6 Å². The smallest absolute Gasteiger partial charge is 0.325 e. The molecule has 0 aliphatic carbocycles. The Balaban J connectivity index is 2.09. The van der Waals surface area contributed by atoms with Gasteiger partial charge in [-0.1, -0.05) is 60.7 Å². The SMILES string of the molecule is COC(=O)CNC(=O)[C@@H](Cc1ccccc1)NC(=O)[C@H](C)c1ccccc1. The largest absolute Gasteiger partial charge is 0.468 e. The van der Waals surface area contributed by atoms with Crippen LogP contribution in [0.3, 0.4) is 0 Å². The second-order valence-electron chi connectivity index (χ2n) is 6.18. The van der Waals surface area contributed by atoms with E-state index in [4.69, 9.17) is 0 Å². The third-order valence-electron chi connectivity index (χ3n) is 4.24. The zero-order valence-electron chi connectivity index (χ0n) is 15.5. The molecule has 6 heteroatoms. The van der Waals surface area contributed by atoms with Gasteiger partial charge in [0, 0.05) is 6.42 Å². The molecule has 0 aliphatic rings. The van der Waals surface area contributed by atoms with Gasteiger partial charge in [0.05, 0.1) is 13.0 Å². The van der Waals surface area contributed by atoms with Gasteiger partial charge in [-0.05, 0) is 18.1 Å². The van der Waals surface area contributed by atoms with Gasteiger partial charge in [-0.15, -0.1) is 0 Å². The number of carbonyl (C=O) groups excluding carboxylic acids is 3. The van der Waals surface area contributed by atoms with Crippen molar-refractivity contribution < 1.29 is 19.1 Å². The van der Waals surface area contributed by atoms with Crippen molar-refractivity contribution in [3.8, 4) is 0 Å². The van der Waals surface area contributed by atoms with Gasteiger partial charge in [-0.25, -0.2) is 0 Å². The Bertz CT molecular complexity index is 762. The molecule has 0 aromatic heterocycles. The van der Waals surface area contributed by atoms with Crippen LogP contribution in [0.4, 0.5) is 0 Å². The summed E-state index contributed by atoms with van der Waals surface area (Å²) in [5, 5.41) is 5.31. The van der Waals surface area contributed by atoms with Crippen molar-refractivity contribution in [3.05, 3.63) is 71.8 Å². The van der Waals surface area contributed by atoms with Crippen LogP contribution in [0, 0.1) is 0 Å². The average Bonchev–Trinajstić information content (AvgIpc) is 2.71. The Morgan fingerprint density at radius 3 is 2.11 bits per heavy atom. The molecule has 0 bridgehead atoms. The van der Waals surface area contributed by atoms with E-state index in [1.165, 1.54) is 7.11 Å². The van der Waals surface area contributed by atoms with Crippen LogP contribution < -0.4 is 10.6 Å². The zero-order valence-corrected chi connectivity index (χ0v) is 15.5. The van der Waals surface area contributed by atoms with Gasteiger partial charge in [0.2, 0.25) is 11.8 Å². The summed E-state index contributed by atoms with van der Waals surface area (Å²) in [6.07, 6.45) is 0.321. The fraction of sp³-hybridized carbons (Fsp3) is 0.286. The van der Waals surface area contributed by atoms with E-state index in [9.17, 15) is 14.4 Å². The zero-order chi connectivity index (χ0) is 19.6. The number of esters is 1. The highest BCUT2D eigenvalue weighted by atomic mass is 16.5. The van der Waals surface area contributed by atoms with Crippen LogP contribution in [-0.4, -0.2) is 37.5 Å². The predicted molar refractivity (Wildman–Crippen MR) is 102 cm³/mol. The fourth-order valence-corrected chi connectivity index (χ4v) is 2.60. The molecule has 0 radical (unpaired) electrons. The monoisotopic (exact) mass is 368 g/mol. The van der Waals surface area contributed by atoms with Crippen molar-refractivity contribution >= 4 is 17.8 Å². The van der Waals surface area contributed by atoms with E-state index in [1.807, 2.05) is 60.7 Å². The highest BCUT2D eigenvalue weighted by molar-refractivity contribution is 5.91. The number of benzene rings is 2. The minimum atomic E-state index is -0.796. The molecular weight excluding hydrogens is 344 g/mol. The molecule has 0 aliphatic heterocycles. The molecule has 2 rings (SSSR count). The van der Waals surface area contributed by atoms with Crippen LogP contribution in [0.1, 0.15) is 24.0 Å². The van der Waals surface area contributed by atoms with E-state index in [2.05, 4.69) is 15.4 Å². The lowest BCUT2D eigenvalue weighted by atomic mass is 9.99. The van der Waals surface area contributed by atoms with Gasteiger partial charge in [-0.3, -0.25) is 14.4 Å².